The average molecular weight is 685 g/mol. The van der Waals surface area contributed by atoms with Gasteiger partial charge < -0.3 is 24.4 Å². The molecule has 0 radical (unpaired) electrons. The molecular formula is C42H53ClN2O4. The van der Waals surface area contributed by atoms with Gasteiger partial charge in [-0.3, -0.25) is 0 Å². The summed E-state index contributed by atoms with van der Waals surface area (Å²) >= 11 is 6.21. The standard InChI is InChI=1S/C42H53ClN2O4/c1-8-41(3,4)33-21-23-37(36(27-33)42(5,6)9-2)48-25-14-13-24-45(40(46)44-35-19-15-18-34(43)28-35)29-32-20-22-38(47-7)39(26-32)49-30-31-16-11-10-12-17-31/h10-12,15-23,26-28H,8-9,13-14,24-25,29-30H2,1-7H3,(H,44,46). The zero-order chi connectivity index (χ0) is 35.4. The predicted molar refractivity (Wildman–Crippen MR) is 202 cm³/mol. The number of carbonyl (C=O) groups is 1. The van der Waals surface area contributed by atoms with Crippen molar-refractivity contribution in [2.75, 3.05) is 25.6 Å². The van der Waals surface area contributed by atoms with Crippen LogP contribution in [0.2, 0.25) is 5.02 Å². The summed E-state index contributed by atoms with van der Waals surface area (Å²) in [5.74, 6) is 2.22. The lowest BCUT2D eigenvalue weighted by atomic mass is 9.76. The molecular weight excluding hydrogens is 632 g/mol. The Morgan fingerprint density at radius 1 is 0.755 bits per heavy atom. The zero-order valence-electron chi connectivity index (χ0n) is 30.3. The smallest absolute Gasteiger partial charge is 0.322 e. The summed E-state index contributed by atoms with van der Waals surface area (Å²) in [6, 6.07) is 29.5. The Labute approximate surface area is 298 Å². The van der Waals surface area contributed by atoms with Gasteiger partial charge in [0.1, 0.15) is 12.4 Å². The van der Waals surface area contributed by atoms with Crippen LogP contribution in [0.1, 0.15) is 89.5 Å². The lowest BCUT2D eigenvalue weighted by molar-refractivity contribution is 0.205. The number of halogens is 1. The van der Waals surface area contributed by atoms with Gasteiger partial charge in [0, 0.05) is 29.4 Å². The van der Waals surface area contributed by atoms with Crippen LogP contribution in [0.15, 0.2) is 91.0 Å². The van der Waals surface area contributed by atoms with Gasteiger partial charge >= 0.3 is 6.03 Å². The lowest BCUT2D eigenvalue weighted by Gasteiger charge is -2.30. The van der Waals surface area contributed by atoms with Crippen molar-refractivity contribution in [3.63, 3.8) is 0 Å². The Hall–Kier alpha value is -4.16. The molecule has 4 aromatic carbocycles. The van der Waals surface area contributed by atoms with E-state index in [1.807, 2.05) is 65.6 Å². The zero-order valence-corrected chi connectivity index (χ0v) is 31.0. The Kier molecular flexibility index (Phi) is 13.4. The molecule has 7 heteroatoms. The molecule has 6 nitrogen and oxygen atoms in total. The first-order valence-corrected chi connectivity index (χ1v) is 17.8. The van der Waals surface area contributed by atoms with E-state index in [1.165, 1.54) is 11.1 Å². The second kappa shape index (κ2) is 17.5. The molecule has 0 bridgehead atoms. The number of nitrogens with one attached hydrogen (secondary N) is 1. The van der Waals surface area contributed by atoms with Crippen LogP contribution < -0.4 is 19.5 Å². The van der Waals surface area contributed by atoms with Crippen molar-refractivity contribution in [1.82, 2.24) is 4.90 Å². The maximum absolute atomic E-state index is 13.6. The van der Waals surface area contributed by atoms with Crippen molar-refractivity contribution < 1.29 is 19.0 Å². The predicted octanol–water partition coefficient (Wildman–Crippen LogP) is 11.2. The van der Waals surface area contributed by atoms with E-state index in [2.05, 4.69) is 65.1 Å². The maximum Gasteiger partial charge on any atom is 0.322 e. The van der Waals surface area contributed by atoms with Crippen LogP contribution in [0.25, 0.3) is 0 Å². The molecule has 0 fully saturated rings. The number of rotatable bonds is 17. The number of urea groups is 1. The van der Waals surface area contributed by atoms with Crippen molar-refractivity contribution >= 4 is 23.3 Å². The molecule has 0 aliphatic rings. The van der Waals surface area contributed by atoms with Gasteiger partial charge in [-0.25, -0.2) is 4.79 Å². The number of hydrogen-bond donors (Lipinski definition) is 1. The Bertz CT molecular complexity index is 1650. The van der Waals surface area contributed by atoms with E-state index >= 15 is 0 Å². The second-order valence-electron chi connectivity index (χ2n) is 13.9. The van der Waals surface area contributed by atoms with Crippen LogP contribution in [0.4, 0.5) is 10.5 Å². The highest BCUT2D eigenvalue weighted by Gasteiger charge is 2.26. The molecule has 0 saturated carbocycles. The summed E-state index contributed by atoms with van der Waals surface area (Å²) in [5.41, 5.74) is 5.33. The number of methoxy groups -OCH3 is 1. The van der Waals surface area contributed by atoms with Crippen LogP contribution in [0, 0.1) is 0 Å². The average Bonchev–Trinajstić information content (AvgIpc) is 3.10. The largest absolute Gasteiger partial charge is 0.493 e. The van der Waals surface area contributed by atoms with Crippen molar-refractivity contribution in [3.8, 4) is 17.2 Å². The van der Waals surface area contributed by atoms with E-state index in [1.54, 1.807) is 19.2 Å². The molecule has 49 heavy (non-hydrogen) atoms. The van der Waals surface area contributed by atoms with E-state index in [0.717, 1.165) is 42.6 Å². The highest BCUT2D eigenvalue weighted by atomic mass is 35.5. The molecule has 262 valence electrons. The molecule has 0 unspecified atom stereocenters. The first-order chi connectivity index (χ1) is 23.5. The maximum atomic E-state index is 13.6. The molecule has 0 aliphatic carbocycles. The molecule has 4 aromatic rings. The summed E-state index contributed by atoms with van der Waals surface area (Å²) in [6.07, 6.45) is 3.65. The van der Waals surface area contributed by atoms with Gasteiger partial charge in [-0.2, -0.15) is 0 Å². The molecule has 0 saturated heterocycles. The van der Waals surface area contributed by atoms with Gasteiger partial charge in [-0.1, -0.05) is 108 Å². The van der Waals surface area contributed by atoms with Crippen molar-refractivity contribution in [2.24, 2.45) is 0 Å². The fourth-order valence-electron chi connectivity index (χ4n) is 5.50. The van der Waals surface area contributed by atoms with Crippen LogP contribution in [-0.4, -0.2) is 31.2 Å². The molecule has 0 heterocycles. The Morgan fingerprint density at radius 3 is 2.18 bits per heavy atom. The molecule has 0 atom stereocenters. The van der Waals surface area contributed by atoms with Gasteiger partial charge in [0.25, 0.3) is 0 Å². The number of carbonyl (C=O) groups excluding carboxylic acids is 1. The van der Waals surface area contributed by atoms with E-state index in [0.29, 0.717) is 48.5 Å². The lowest BCUT2D eigenvalue weighted by Crippen LogP contribution is -2.35. The number of ether oxygens (including phenoxy) is 3. The Balaban J connectivity index is 1.46. The van der Waals surface area contributed by atoms with Gasteiger partial charge in [0.2, 0.25) is 0 Å². The second-order valence-corrected chi connectivity index (χ2v) is 14.3. The highest BCUT2D eigenvalue weighted by Crippen LogP contribution is 2.38. The van der Waals surface area contributed by atoms with E-state index in [9.17, 15) is 4.79 Å². The number of anilines is 1. The van der Waals surface area contributed by atoms with Crippen LogP contribution >= 0.6 is 11.6 Å². The third-order valence-corrected chi connectivity index (χ3v) is 9.77. The van der Waals surface area contributed by atoms with E-state index in [-0.39, 0.29) is 16.9 Å². The third-order valence-electron chi connectivity index (χ3n) is 9.54. The topological polar surface area (TPSA) is 60.0 Å². The fourth-order valence-corrected chi connectivity index (χ4v) is 5.69. The van der Waals surface area contributed by atoms with E-state index in [4.69, 9.17) is 25.8 Å². The molecule has 0 aliphatic heterocycles. The van der Waals surface area contributed by atoms with Crippen molar-refractivity contribution in [1.29, 1.82) is 0 Å². The summed E-state index contributed by atoms with van der Waals surface area (Å²) < 4.78 is 18.2. The minimum Gasteiger partial charge on any atom is -0.493 e. The molecule has 2 amide bonds. The first-order valence-electron chi connectivity index (χ1n) is 17.4. The summed E-state index contributed by atoms with van der Waals surface area (Å²) in [4.78, 5) is 15.5. The van der Waals surface area contributed by atoms with Crippen molar-refractivity contribution in [3.05, 3.63) is 118 Å². The van der Waals surface area contributed by atoms with Crippen LogP contribution in [0.5, 0.6) is 17.2 Å². The van der Waals surface area contributed by atoms with Crippen molar-refractivity contribution in [2.45, 2.75) is 91.2 Å². The van der Waals surface area contributed by atoms with Gasteiger partial charge in [0.05, 0.1) is 13.7 Å². The Morgan fingerprint density at radius 2 is 1.49 bits per heavy atom. The minimum atomic E-state index is -0.202. The summed E-state index contributed by atoms with van der Waals surface area (Å²) in [7, 11) is 1.63. The quantitative estimate of drug-likeness (QED) is 0.112. The number of benzene rings is 4. The number of unbranched alkanes of at least 4 members (excludes halogenated alkanes) is 1. The van der Waals surface area contributed by atoms with Gasteiger partial charge in [0.15, 0.2) is 11.5 Å². The van der Waals surface area contributed by atoms with Crippen LogP contribution in [-0.2, 0) is 24.0 Å². The molecule has 0 aromatic heterocycles. The van der Waals surface area contributed by atoms with Gasteiger partial charge in [-0.15, -0.1) is 0 Å². The van der Waals surface area contributed by atoms with Crippen LogP contribution in [0.3, 0.4) is 0 Å². The van der Waals surface area contributed by atoms with Gasteiger partial charge in [-0.05, 0) is 89.6 Å². The third kappa shape index (κ3) is 10.7. The molecule has 4 rings (SSSR count). The first kappa shape index (κ1) is 37.7. The van der Waals surface area contributed by atoms with E-state index < -0.39 is 0 Å². The summed E-state index contributed by atoms with van der Waals surface area (Å²) in [5, 5.41) is 3.59. The number of amides is 2. The number of nitrogens with zero attached hydrogens (tertiary/aromatic N) is 1. The minimum absolute atomic E-state index is 0.00752. The molecule has 0 spiro atoms. The normalized spacial score (nSPS) is 11.6. The monoisotopic (exact) mass is 684 g/mol. The SMILES string of the molecule is CCC(C)(C)c1ccc(OCCCCN(Cc2ccc(OC)c(OCc3ccccc3)c2)C(=O)Nc2cccc(Cl)c2)c(C(C)(C)CC)c1. The number of hydrogen-bond acceptors (Lipinski definition) is 4. The molecule has 1 N–H and O–H groups in total. The summed E-state index contributed by atoms with van der Waals surface area (Å²) in [6.45, 7) is 15.5. The highest BCUT2D eigenvalue weighted by molar-refractivity contribution is 6.30. The fraction of sp³-hybridized carbons (Fsp3) is 0.405.